The van der Waals surface area contributed by atoms with Gasteiger partial charge in [-0.05, 0) is 71.3 Å². The minimum atomic E-state index is -4.31. The molecule has 134 valence electrons. The fraction of sp³-hybridized carbons (Fsp3) is 0.368. The van der Waals surface area contributed by atoms with Crippen LogP contribution in [0.2, 0.25) is 0 Å². The maximum absolute atomic E-state index is 13.0. The van der Waals surface area contributed by atoms with Gasteiger partial charge in [0, 0.05) is 22.2 Å². The molecule has 3 rings (SSSR count). The van der Waals surface area contributed by atoms with Crippen LogP contribution in [-0.4, -0.2) is 12.6 Å². The Kier molecular flexibility index (Phi) is 6.01. The molecule has 6 heteroatoms. The summed E-state index contributed by atoms with van der Waals surface area (Å²) in [5, 5.41) is 6.98. The highest BCUT2D eigenvalue weighted by Crippen LogP contribution is 2.31. The number of hydrogen-bond donors (Lipinski definition) is 2. The van der Waals surface area contributed by atoms with Gasteiger partial charge in [0.2, 0.25) is 0 Å². The zero-order chi connectivity index (χ0) is 17.9. The molecule has 1 aliphatic heterocycles. The summed E-state index contributed by atoms with van der Waals surface area (Å²) in [7, 11) is 0. The first-order chi connectivity index (χ1) is 11.9. The Morgan fingerprint density at radius 2 is 1.88 bits per heavy atom. The van der Waals surface area contributed by atoms with Crippen LogP contribution in [0.3, 0.4) is 0 Å². The molecule has 2 unspecified atom stereocenters. The van der Waals surface area contributed by atoms with Gasteiger partial charge >= 0.3 is 6.18 Å². The number of rotatable bonds is 4. The first-order valence-corrected chi connectivity index (χ1v) is 9.40. The summed E-state index contributed by atoms with van der Waals surface area (Å²) in [5.74, 6) is 0. The van der Waals surface area contributed by atoms with E-state index >= 15 is 0 Å². The van der Waals surface area contributed by atoms with Crippen LogP contribution in [0.25, 0.3) is 0 Å². The monoisotopic (exact) mass is 460 g/mol. The molecule has 1 saturated heterocycles. The third-order valence-electron chi connectivity index (χ3n) is 4.47. The molecule has 0 saturated carbocycles. The second-order valence-corrected chi connectivity index (χ2v) is 7.56. The van der Waals surface area contributed by atoms with E-state index in [-0.39, 0.29) is 12.1 Å². The molecule has 2 atom stereocenters. The summed E-state index contributed by atoms with van der Waals surface area (Å²) >= 11 is 1.94. The van der Waals surface area contributed by atoms with Gasteiger partial charge in [-0.3, -0.25) is 0 Å². The molecule has 0 radical (unpaired) electrons. The van der Waals surface area contributed by atoms with Gasteiger partial charge < -0.3 is 10.6 Å². The van der Waals surface area contributed by atoms with Crippen LogP contribution in [0.4, 0.5) is 13.2 Å². The van der Waals surface area contributed by atoms with Crippen molar-refractivity contribution in [3.63, 3.8) is 0 Å². The van der Waals surface area contributed by atoms with Crippen molar-refractivity contribution in [3.8, 4) is 0 Å². The highest BCUT2D eigenvalue weighted by atomic mass is 127. The second-order valence-electron chi connectivity index (χ2n) is 6.32. The minimum absolute atomic E-state index is 0.180. The largest absolute Gasteiger partial charge is 0.416 e. The summed E-state index contributed by atoms with van der Waals surface area (Å²) in [5.41, 5.74) is 1.28. The lowest BCUT2D eigenvalue weighted by Gasteiger charge is -2.34. The van der Waals surface area contributed by atoms with Gasteiger partial charge in [-0.1, -0.05) is 30.3 Å². The Labute approximate surface area is 159 Å². The van der Waals surface area contributed by atoms with E-state index in [9.17, 15) is 13.2 Å². The van der Waals surface area contributed by atoms with Gasteiger partial charge in [-0.15, -0.1) is 0 Å². The highest BCUT2D eigenvalue weighted by molar-refractivity contribution is 14.1. The molecule has 2 nitrogen and oxygen atoms in total. The third-order valence-corrected chi connectivity index (χ3v) is 5.09. The SMILES string of the molecule is FC(F)(F)c1cc(I)cc(CNC2CCCNC2c2ccccc2)c1. The minimum Gasteiger partial charge on any atom is -0.309 e. The van der Waals surface area contributed by atoms with Crippen molar-refractivity contribution in [1.82, 2.24) is 10.6 Å². The highest BCUT2D eigenvalue weighted by Gasteiger charge is 2.31. The zero-order valence-electron chi connectivity index (χ0n) is 13.6. The van der Waals surface area contributed by atoms with Crippen molar-refractivity contribution in [2.45, 2.75) is 37.6 Å². The zero-order valence-corrected chi connectivity index (χ0v) is 15.8. The van der Waals surface area contributed by atoms with E-state index in [0.29, 0.717) is 15.7 Å². The van der Waals surface area contributed by atoms with E-state index in [1.54, 1.807) is 6.07 Å². The second kappa shape index (κ2) is 8.05. The number of benzene rings is 2. The summed E-state index contributed by atoms with van der Waals surface area (Å²) in [6, 6.07) is 14.8. The smallest absolute Gasteiger partial charge is 0.309 e. The first kappa shape index (κ1) is 18.7. The predicted molar refractivity (Wildman–Crippen MR) is 101 cm³/mol. The van der Waals surface area contributed by atoms with Crippen LogP contribution in [0.5, 0.6) is 0 Å². The Morgan fingerprint density at radius 1 is 1.12 bits per heavy atom. The fourth-order valence-electron chi connectivity index (χ4n) is 3.28. The van der Waals surface area contributed by atoms with Crippen LogP contribution in [-0.2, 0) is 12.7 Å². The van der Waals surface area contributed by atoms with Gasteiger partial charge in [0.1, 0.15) is 0 Å². The van der Waals surface area contributed by atoms with Gasteiger partial charge in [-0.2, -0.15) is 13.2 Å². The molecular weight excluding hydrogens is 440 g/mol. The molecule has 25 heavy (non-hydrogen) atoms. The van der Waals surface area contributed by atoms with Crippen molar-refractivity contribution < 1.29 is 13.2 Å². The van der Waals surface area contributed by atoms with Gasteiger partial charge in [-0.25, -0.2) is 0 Å². The molecule has 0 aliphatic carbocycles. The van der Waals surface area contributed by atoms with Crippen molar-refractivity contribution in [2.24, 2.45) is 0 Å². The number of alkyl halides is 3. The maximum Gasteiger partial charge on any atom is 0.416 e. The standard InChI is InChI=1S/C19H20F3IN2/c20-19(21,22)15-9-13(10-16(23)11-15)12-25-17-7-4-8-24-18(17)14-5-2-1-3-6-14/h1-3,5-6,9-11,17-18,24-25H,4,7-8,12H2. The van der Waals surface area contributed by atoms with Crippen LogP contribution in [0, 0.1) is 3.57 Å². The Hall–Kier alpha value is -1.12. The van der Waals surface area contributed by atoms with Gasteiger partial charge in [0.15, 0.2) is 0 Å². The fourth-order valence-corrected chi connectivity index (χ4v) is 4.02. The lowest BCUT2D eigenvalue weighted by molar-refractivity contribution is -0.137. The van der Waals surface area contributed by atoms with Gasteiger partial charge in [0.05, 0.1) is 5.56 Å². The molecule has 0 aromatic heterocycles. The topological polar surface area (TPSA) is 24.1 Å². The summed E-state index contributed by atoms with van der Waals surface area (Å²) in [6.07, 6.45) is -2.25. The molecule has 1 aliphatic rings. The summed E-state index contributed by atoms with van der Waals surface area (Å²) < 4.78 is 39.6. The normalized spacial score (nSPS) is 21.3. The van der Waals surface area contributed by atoms with E-state index in [0.717, 1.165) is 19.4 Å². The van der Waals surface area contributed by atoms with E-state index < -0.39 is 11.7 Å². The maximum atomic E-state index is 13.0. The van der Waals surface area contributed by atoms with Gasteiger partial charge in [0.25, 0.3) is 0 Å². The lowest BCUT2D eigenvalue weighted by Crippen LogP contribution is -2.45. The molecule has 2 aromatic rings. The number of piperidine rings is 1. The van der Waals surface area contributed by atoms with Crippen LogP contribution in [0.15, 0.2) is 48.5 Å². The summed E-state index contributed by atoms with van der Waals surface area (Å²) in [4.78, 5) is 0. The van der Waals surface area contributed by atoms with Crippen LogP contribution in [0.1, 0.15) is 35.6 Å². The van der Waals surface area contributed by atoms with E-state index in [1.807, 2.05) is 40.8 Å². The molecule has 1 heterocycles. The molecule has 1 fully saturated rings. The molecule has 2 aromatic carbocycles. The quantitative estimate of drug-likeness (QED) is 0.635. The predicted octanol–water partition coefficient (Wildman–Crippen LogP) is 4.89. The Bertz CT molecular complexity index is 704. The van der Waals surface area contributed by atoms with E-state index in [4.69, 9.17) is 0 Å². The molecule has 2 N–H and O–H groups in total. The molecule has 0 spiro atoms. The molecule has 0 bridgehead atoms. The third kappa shape index (κ3) is 4.95. The molecule has 0 amide bonds. The molecular formula is C19H20F3IN2. The van der Waals surface area contributed by atoms with E-state index in [1.165, 1.54) is 17.7 Å². The van der Waals surface area contributed by atoms with Crippen molar-refractivity contribution in [3.05, 3.63) is 68.8 Å². The van der Waals surface area contributed by atoms with Crippen molar-refractivity contribution in [1.29, 1.82) is 0 Å². The Balaban J connectivity index is 1.72. The van der Waals surface area contributed by atoms with E-state index in [2.05, 4.69) is 22.8 Å². The average Bonchev–Trinajstić information content (AvgIpc) is 2.60. The number of nitrogens with one attached hydrogen (secondary N) is 2. The number of hydrogen-bond acceptors (Lipinski definition) is 2. The van der Waals surface area contributed by atoms with Crippen LogP contribution < -0.4 is 10.6 Å². The number of halogens is 4. The average molecular weight is 460 g/mol. The van der Waals surface area contributed by atoms with Crippen LogP contribution >= 0.6 is 22.6 Å². The summed E-state index contributed by atoms with van der Waals surface area (Å²) in [6.45, 7) is 1.38. The van der Waals surface area contributed by atoms with Crippen molar-refractivity contribution >= 4 is 22.6 Å². The van der Waals surface area contributed by atoms with Crippen molar-refractivity contribution in [2.75, 3.05) is 6.54 Å². The first-order valence-electron chi connectivity index (χ1n) is 8.32. The Morgan fingerprint density at radius 3 is 2.60 bits per heavy atom. The lowest BCUT2D eigenvalue weighted by atomic mass is 9.92.